The number of hydrogen-bond acceptors (Lipinski definition) is 2. The van der Waals surface area contributed by atoms with E-state index in [0.717, 1.165) is 8.66 Å². The largest absolute Gasteiger partial charge is 0.385 e. The molecule has 1 aromatic heterocycles. The van der Waals surface area contributed by atoms with Crippen molar-refractivity contribution in [2.45, 2.75) is 18.9 Å². The molecule has 1 aromatic carbocycles. The number of aliphatic hydroxyl groups is 1. The first-order chi connectivity index (χ1) is 8.79. The van der Waals surface area contributed by atoms with E-state index in [1.54, 1.807) is 6.92 Å². The predicted octanol–water partition coefficient (Wildman–Crippen LogP) is 5.41. The number of thiophene rings is 1. The number of benzene rings is 1. The van der Waals surface area contributed by atoms with Crippen LogP contribution >= 0.6 is 50.5 Å². The fourth-order valence-corrected chi connectivity index (χ4v) is 4.04. The summed E-state index contributed by atoms with van der Waals surface area (Å²) in [7, 11) is 0. The Morgan fingerprint density at radius 3 is 2.58 bits per heavy atom. The Morgan fingerprint density at radius 2 is 2.00 bits per heavy atom. The minimum Gasteiger partial charge on any atom is -0.385 e. The van der Waals surface area contributed by atoms with E-state index in [-0.39, 0.29) is 10.0 Å². The summed E-state index contributed by atoms with van der Waals surface area (Å²) in [5.41, 5.74) is -0.923. The van der Waals surface area contributed by atoms with Gasteiger partial charge in [0.2, 0.25) is 0 Å². The topological polar surface area (TPSA) is 20.2 Å². The normalized spacial score (nSPS) is 14.4. The van der Waals surface area contributed by atoms with Crippen molar-refractivity contribution in [3.8, 4) is 0 Å². The molecular weight excluding hydrogens is 374 g/mol. The van der Waals surface area contributed by atoms with Gasteiger partial charge in [-0.25, -0.2) is 4.39 Å². The van der Waals surface area contributed by atoms with Crippen LogP contribution in [0.5, 0.6) is 0 Å². The third kappa shape index (κ3) is 3.50. The fourth-order valence-electron chi connectivity index (χ4n) is 1.82. The lowest BCUT2D eigenvalue weighted by molar-refractivity contribution is 0.0582. The number of rotatable bonds is 3. The molecule has 1 nitrogen and oxygen atoms in total. The van der Waals surface area contributed by atoms with Crippen molar-refractivity contribution in [3.05, 3.63) is 54.4 Å². The van der Waals surface area contributed by atoms with Gasteiger partial charge in [-0.05, 0) is 47.1 Å². The molecule has 1 N–H and O–H groups in total. The standard InChI is InChI=1S/C13H10BrCl2FOS/c1-13(18,6-7-2-3-12(14)19-7)8-4-11(17)10(16)5-9(8)15/h2-5,18H,6H2,1H3. The molecule has 0 spiro atoms. The Hall–Kier alpha value is -0.130. The van der Waals surface area contributed by atoms with Crippen LogP contribution in [0.15, 0.2) is 28.1 Å². The molecule has 0 fully saturated rings. The predicted molar refractivity (Wildman–Crippen MR) is 81.7 cm³/mol. The van der Waals surface area contributed by atoms with Crippen LogP contribution in [0.3, 0.4) is 0 Å². The van der Waals surface area contributed by atoms with Crippen molar-refractivity contribution in [3.63, 3.8) is 0 Å². The second-order valence-corrected chi connectivity index (χ2v) is 7.76. The molecule has 0 saturated heterocycles. The van der Waals surface area contributed by atoms with Gasteiger partial charge in [0.05, 0.1) is 14.4 Å². The van der Waals surface area contributed by atoms with E-state index in [4.69, 9.17) is 23.2 Å². The van der Waals surface area contributed by atoms with E-state index >= 15 is 0 Å². The highest BCUT2D eigenvalue weighted by molar-refractivity contribution is 9.11. The SMILES string of the molecule is CC(O)(Cc1ccc(Br)s1)c1cc(F)c(Cl)cc1Cl. The summed E-state index contributed by atoms with van der Waals surface area (Å²) in [6, 6.07) is 6.31. The Kier molecular flexibility index (Phi) is 4.58. The monoisotopic (exact) mass is 382 g/mol. The Labute approximate surface area is 133 Å². The molecule has 0 aliphatic rings. The minimum atomic E-state index is -1.26. The minimum absolute atomic E-state index is 0.0524. The van der Waals surface area contributed by atoms with E-state index in [9.17, 15) is 9.50 Å². The lowest BCUT2D eigenvalue weighted by Gasteiger charge is -2.24. The van der Waals surface area contributed by atoms with Crippen LogP contribution in [0.2, 0.25) is 10.0 Å². The van der Waals surface area contributed by atoms with Gasteiger partial charge in [0.1, 0.15) is 5.82 Å². The summed E-state index contributed by atoms with van der Waals surface area (Å²) >= 11 is 16.6. The van der Waals surface area contributed by atoms with Gasteiger partial charge in [0.15, 0.2) is 0 Å². The van der Waals surface area contributed by atoms with E-state index < -0.39 is 11.4 Å². The summed E-state index contributed by atoms with van der Waals surface area (Å²) in [5.74, 6) is -0.589. The molecule has 0 aliphatic heterocycles. The molecule has 0 amide bonds. The van der Waals surface area contributed by atoms with Crippen LogP contribution in [0, 0.1) is 5.82 Å². The zero-order chi connectivity index (χ0) is 14.2. The third-order valence-corrected chi connectivity index (χ3v) is 4.96. The van der Waals surface area contributed by atoms with Gasteiger partial charge >= 0.3 is 0 Å². The molecule has 0 saturated carbocycles. The molecule has 0 radical (unpaired) electrons. The highest BCUT2D eigenvalue weighted by Gasteiger charge is 2.28. The van der Waals surface area contributed by atoms with E-state index in [0.29, 0.717) is 12.0 Å². The fraction of sp³-hybridized carbons (Fsp3) is 0.231. The number of hydrogen-bond donors (Lipinski definition) is 1. The first-order valence-corrected chi connectivity index (χ1v) is 7.78. The van der Waals surface area contributed by atoms with Crippen molar-refractivity contribution < 1.29 is 9.50 Å². The van der Waals surface area contributed by atoms with Crippen molar-refractivity contribution >= 4 is 50.5 Å². The maximum absolute atomic E-state index is 13.5. The summed E-state index contributed by atoms with van der Waals surface area (Å²) in [6.07, 6.45) is 0.351. The van der Waals surface area contributed by atoms with Crippen molar-refractivity contribution in [2.75, 3.05) is 0 Å². The first-order valence-electron chi connectivity index (χ1n) is 5.41. The van der Waals surface area contributed by atoms with Crippen LogP contribution < -0.4 is 0 Å². The van der Waals surface area contributed by atoms with Crippen molar-refractivity contribution in [1.29, 1.82) is 0 Å². The highest BCUT2D eigenvalue weighted by atomic mass is 79.9. The first kappa shape index (κ1) is 15.3. The lowest BCUT2D eigenvalue weighted by atomic mass is 9.91. The molecule has 6 heteroatoms. The zero-order valence-electron chi connectivity index (χ0n) is 9.88. The molecule has 1 heterocycles. The van der Waals surface area contributed by atoms with Gasteiger partial charge in [-0.1, -0.05) is 23.2 Å². The van der Waals surface area contributed by atoms with E-state index in [1.807, 2.05) is 12.1 Å². The van der Waals surface area contributed by atoms with E-state index in [1.165, 1.54) is 23.5 Å². The molecule has 0 aliphatic carbocycles. The molecule has 1 atom stereocenters. The quantitative estimate of drug-likeness (QED) is 0.702. The average Bonchev–Trinajstić information content (AvgIpc) is 2.68. The van der Waals surface area contributed by atoms with Gasteiger partial charge in [0, 0.05) is 21.9 Å². The molecular formula is C13H10BrCl2FOS. The molecule has 2 rings (SSSR count). The molecule has 2 aromatic rings. The zero-order valence-corrected chi connectivity index (χ0v) is 13.8. The van der Waals surface area contributed by atoms with Crippen LogP contribution in [-0.2, 0) is 12.0 Å². The molecule has 19 heavy (non-hydrogen) atoms. The van der Waals surface area contributed by atoms with Crippen LogP contribution in [0.25, 0.3) is 0 Å². The maximum atomic E-state index is 13.5. The van der Waals surface area contributed by atoms with Gasteiger partial charge < -0.3 is 5.11 Å². The van der Waals surface area contributed by atoms with Gasteiger partial charge in [0.25, 0.3) is 0 Å². The van der Waals surface area contributed by atoms with Gasteiger partial charge in [-0.3, -0.25) is 0 Å². The third-order valence-electron chi connectivity index (χ3n) is 2.74. The van der Waals surface area contributed by atoms with Gasteiger partial charge in [-0.2, -0.15) is 0 Å². The second-order valence-electron chi connectivity index (χ2n) is 4.40. The molecule has 1 unspecified atom stereocenters. The Balaban J connectivity index is 2.36. The Morgan fingerprint density at radius 1 is 1.32 bits per heavy atom. The van der Waals surface area contributed by atoms with Crippen molar-refractivity contribution in [2.24, 2.45) is 0 Å². The average molecular weight is 384 g/mol. The lowest BCUT2D eigenvalue weighted by Crippen LogP contribution is -2.24. The van der Waals surface area contributed by atoms with Crippen LogP contribution in [-0.4, -0.2) is 5.11 Å². The summed E-state index contributed by atoms with van der Waals surface area (Å²) < 4.78 is 14.5. The van der Waals surface area contributed by atoms with Gasteiger partial charge in [-0.15, -0.1) is 11.3 Å². The summed E-state index contributed by atoms with van der Waals surface area (Å²) in [4.78, 5) is 0.975. The summed E-state index contributed by atoms with van der Waals surface area (Å²) in [6.45, 7) is 1.61. The highest BCUT2D eigenvalue weighted by Crippen LogP contribution is 2.36. The van der Waals surface area contributed by atoms with E-state index in [2.05, 4.69) is 15.9 Å². The maximum Gasteiger partial charge on any atom is 0.142 e. The molecule has 0 bridgehead atoms. The molecule has 102 valence electrons. The van der Waals surface area contributed by atoms with Crippen LogP contribution in [0.1, 0.15) is 17.4 Å². The number of halogens is 4. The Bertz CT molecular complexity index is 613. The summed E-state index contributed by atoms with van der Waals surface area (Å²) in [5, 5.41) is 10.7. The second kappa shape index (κ2) is 5.70. The van der Waals surface area contributed by atoms with Crippen molar-refractivity contribution in [1.82, 2.24) is 0 Å². The van der Waals surface area contributed by atoms with Crippen LogP contribution in [0.4, 0.5) is 4.39 Å². The smallest absolute Gasteiger partial charge is 0.142 e.